The van der Waals surface area contributed by atoms with Gasteiger partial charge in [-0.05, 0) is 39.9 Å². The van der Waals surface area contributed by atoms with Crippen LogP contribution in [0.4, 0.5) is 0 Å². The van der Waals surface area contributed by atoms with E-state index in [1.165, 1.54) is 58.4 Å². The Morgan fingerprint density at radius 2 is 1.88 bits per heavy atom. The number of piperazine rings is 1. The van der Waals surface area contributed by atoms with Gasteiger partial charge in [0, 0.05) is 32.2 Å². The molecule has 0 aliphatic carbocycles. The lowest BCUT2D eigenvalue weighted by molar-refractivity contribution is 0.211. The lowest BCUT2D eigenvalue weighted by Gasteiger charge is -2.29. The smallest absolute Gasteiger partial charge is 0.0107 e. The summed E-state index contributed by atoms with van der Waals surface area (Å²) in [7, 11) is 4.43. The highest BCUT2D eigenvalue weighted by Crippen LogP contribution is 2.10. The van der Waals surface area contributed by atoms with Gasteiger partial charge in [0.2, 0.25) is 0 Å². The molecular weight excluding hydrogens is 198 g/mol. The van der Waals surface area contributed by atoms with E-state index in [1.807, 2.05) is 0 Å². The molecule has 1 aliphatic heterocycles. The van der Waals surface area contributed by atoms with Crippen LogP contribution in [0.5, 0.6) is 0 Å². The molecule has 1 aliphatic rings. The van der Waals surface area contributed by atoms with E-state index in [0.29, 0.717) is 0 Å². The van der Waals surface area contributed by atoms with Crippen LogP contribution in [0.15, 0.2) is 0 Å². The Morgan fingerprint density at radius 3 is 2.44 bits per heavy atom. The monoisotopic (exact) mass is 227 g/mol. The first-order valence-corrected chi connectivity index (χ1v) is 6.83. The Morgan fingerprint density at radius 1 is 1.19 bits per heavy atom. The Balaban J connectivity index is 2.11. The zero-order valence-corrected chi connectivity index (χ0v) is 11.3. The maximum absolute atomic E-state index is 3.40. The lowest BCUT2D eigenvalue weighted by Crippen LogP contribution is -2.44. The minimum atomic E-state index is 0.785. The van der Waals surface area contributed by atoms with E-state index >= 15 is 0 Å². The number of hydrogen-bond acceptors (Lipinski definition) is 3. The van der Waals surface area contributed by atoms with Crippen LogP contribution in [0.25, 0.3) is 0 Å². The molecule has 1 heterocycles. The molecule has 3 nitrogen and oxygen atoms in total. The van der Waals surface area contributed by atoms with Gasteiger partial charge in [-0.15, -0.1) is 0 Å². The van der Waals surface area contributed by atoms with Gasteiger partial charge in [-0.25, -0.2) is 0 Å². The summed E-state index contributed by atoms with van der Waals surface area (Å²) in [4.78, 5) is 4.98. The molecule has 0 amide bonds. The predicted octanol–water partition coefficient (Wildman–Crippen LogP) is 1.40. The zero-order chi connectivity index (χ0) is 11.8. The summed E-state index contributed by atoms with van der Waals surface area (Å²) < 4.78 is 0. The van der Waals surface area contributed by atoms with Crippen molar-refractivity contribution in [2.75, 3.05) is 46.8 Å². The van der Waals surface area contributed by atoms with Crippen molar-refractivity contribution < 1.29 is 0 Å². The average Bonchev–Trinajstić information content (AvgIpc) is 2.29. The first-order chi connectivity index (χ1) is 7.74. The standard InChI is InChI=1S/C13H29N3/c1-4-6-13(15(2)3)7-5-10-16-11-8-14-9-12-16/h13-14H,4-12H2,1-3H3. The number of nitrogens with zero attached hydrogens (tertiary/aromatic N) is 2. The summed E-state index contributed by atoms with van der Waals surface area (Å²) in [5.74, 6) is 0. The lowest BCUT2D eigenvalue weighted by atomic mass is 10.1. The van der Waals surface area contributed by atoms with Crippen molar-refractivity contribution in [3.8, 4) is 0 Å². The minimum Gasteiger partial charge on any atom is -0.314 e. The molecule has 3 heteroatoms. The van der Waals surface area contributed by atoms with Gasteiger partial charge < -0.3 is 15.1 Å². The molecule has 1 unspecified atom stereocenters. The van der Waals surface area contributed by atoms with E-state index in [2.05, 4.69) is 36.1 Å². The molecule has 0 radical (unpaired) electrons. The van der Waals surface area contributed by atoms with Crippen molar-refractivity contribution in [1.29, 1.82) is 0 Å². The third kappa shape index (κ3) is 5.28. The highest BCUT2D eigenvalue weighted by molar-refractivity contribution is 4.70. The van der Waals surface area contributed by atoms with Gasteiger partial charge in [-0.1, -0.05) is 13.3 Å². The third-order valence-electron chi connectivity index (χ3n) is 3.57. The van der Waals surface area contributed by atoms with Crippen molar-refractivity contribution >= 4 is 0 Å². The van der Waals surface area contributed by atoms with Gasteiger partial charge in [0.25, 0.3) is 0 Å². The fourth-order valence-corrected chi connectivity index (χ4v) is 2.48. The van der Waals surface area contributed by atoms with Gasteiger partial charge in [-0.3, -0.25) is 0 Å². The maximum atomic E-state index is 3.40. The highest BCUT2D eigenvalue weighted by atomic mass is 15.2. The van der Waals surface area contributed by atoms with E-state index in [9.17, 15) is 0 Å². The molecule has 0 aromatic heterocycles. The molecule has 1 N–H and O–H groups in total. The topological polar surface area (TPSA) is 18.5 Å². The summed E-state index contributed by atoms with van der Waals surface area (Å²) >= 11 is 0. The van der Waals surface area contributed by atoms with Crippen molar-refractivity contribution in [3.63, 3.8) is 0 Å². The number of hydrogen-bond donors (Lipinski definition) is 1. The van der Waals surface area contributed by atoms with Gasteiger partial charge in [0.1, 0.15) is 0 Å². The van der Waals surface area contributed by atoms with Crippen LogP contribution in [0.3, 0.4) is 0 Å². The Hall–Kier alpha value is -0.120. The first kappa shape index (κ1) is 13.9. The van der Waals surface area contributed by atoms with Crippen molar-refractivity contribution in [3.05, 3.63) is 0 Å². The van der Waals surface area contributed by atoms with Gasteiger partial charge >= 0.3 is 0 Å². The van der Waals surface area contributed by atoms with E-state index in [0.717, 1.165) is 6.04 Å². The molecule has 0 saturated carbocycles. The SMILES string of the molecule is CCCC(CCCN1CCNCC1)N(C)C. The summed E-state index contributed by atoms with van der Waals surface area (Å²) in [6.07, 6.45) is 5.35. The molecule has 0 aromatic rings. The number of nitrogens with one attached hydrogen (secondary N) is 1. The van der Waals surface area contributed by atoms with Crippen LogP contribution < -0.4 is 5.32 Å². The largest absolute Gasteiger partial charge is 0.314 e. The molecular formula is C13H29N3. The third-order valence-corrected chi connectivity index (χ3v) is 3.57. The molecule has 1 rings (SSSR count). The molecule has 1 saturated heterocycles. The molecule has 16 heavy (non-hydrogen) atoms. The van der Waals surface area contributed by atoms with E-state index < -0.39 is 0 Å². The van der Waals surface area contributed by atoms with Gasteiger partial charge in [0.05, 0.1) is 0 Å². The second-order valence-electron chi connectivity index (χ2n) is 5.14. The summed E-state index contributed by atoms with van der Waals surface area (Å²) in [5.41, 5.74) is 0. The molecule has 0 bridgehead atoms. The zero-order valence-electron chi connectivity index (χ0n) is 11.3. The molecule has 0 spiro atoms. The van der Waals surface area contributed by atoms with E-state index in [4.69, 9.17) is 0 Å². The Kier molecular flexibility index (Phi) is 7.01. The van der Waals surface area contributed by atoms with Gasteiger partial charge in [-0.2, -0.15) is 0 Å². The second kappa shape index (κ2) is 8.04. The fourth-order valence-electron chi connectivity index (χ4n) is 2.48. The van der Waals surface area contributed by atoms with E-state index in [-0.39, 0.29) is 0 Å². The molecule has 1 fully saturated rings. The quantitative estimate of drug-likeness (QED) is 0.709. The normalized spacial score (nSPS) is 20.2. The summed E-state index contributed by atoms with van der Waals surface area (Å²) in [6, 6.07) is 0.785. The molecule has 1 atom stereocenters. The van der Waals surface area contributed by atoms with Crippen molar-refractivity contribution in [1.82, 2.24) is 15.1 Å². The Labute approximate surface area is 101 Å². The van der Waals surface area contributed by atoms with Crippen LogP contribution in [-0.2, 0) is 0 Å². The van der Waals surface area contributed by atoms with Crippen molar-refractivity contribution in [2.45, 2.75) is 38.6 Å². The molecule has 0 aromatic carbocycles. The van der Waals surface area contributed by atoms with Crippen LogP contribution in [0.1, 0.15) is 32.6 Å². The second-order valence-corrected chi connectivity index (χ2v) is 5.14. The van der Waals surface area contributed by atoms with Crippen LogP contribution >= 0.6 is 0 Å². The summed E-state index contributed by atoms with van der Waals surface area (Å²) in [5, 5.41) is 3.40. The first-order valence-electron chi connectivity index (χ1n) is 6.83. The molecule has 96 valence electrons. The maximum Gasteiger partial charge on any atom is 0.0107 e. The van der Waals surface area contributed by atoms with Gasteiger partial charge in [0.15, 0.2) is 0 Å². The summed E-state index contributed by atoms with van der Waals surface area (Å²) in [6.45, 7) is 8.39. The fraction of sp³-hybridized carbons (Fsp3) is 1.00. The highest BCUT2D eigenvalue weighted by Gasteiger charge is 2.12. The van der Waals surface area contributed by atoms with Crippen LogP contribution in [0.2, 0.25) is 0 Å². The minimum absolute atomic E-state index is 0.785. The Bertz CT molecular complexity index is 165. The van der Waals surface area contributed by atoms with E-state index in [1.54, 1.807) is 0 Å². The number of rotatable bonds is 7. The average molecular weight is 227 g/mol. The van der Waals surface area contributed by atoms with Crippen LogP contribution in [0, 0.1) is 0 Å². The van der Waals surface area contributed by atoms with Crippen LogP contribution in [-0.4, -0.2) is 62.7 Å². The predicted molar refractivity (Wildman–Crippen MR) is 70.9 cm³/mol. The van der Waals surface area contributed by atoms with Crippen molar-refractivity contribution in [2.24, 2.45) is 0 Å².